The number of alkyl halides is 3. The maximum absolute atomic E-state index is 12.8. The van der Waals surface area contributed by atoms with Crippen molar-refractivity contribution in [1.29, 1.82) is 0 Å². The van der Waals surface area contributed by atoms with E-state index in [9.17, 15) is 22.8 Å². The third kappa shape index (κ3) is 3.42. The zero-order chi connectivity index (χ0) is 18.9. The molecule has 0 saturated heterocycles. The molecule has 0 bridgehead atoms. The molecular formula is C19H17F3N2O2. The van der Waals surface area contributed by atoms with Gasteiger partial charge in [0.1, 0.15) is 5.41 Å². The molecule has 0 radical (unpaired) electrons. The fraction of sp³-hybridized carbons (Fsp3) is 0.263. The van der Waals surface area contributed by atoms with Crippen LogP contribution in [0.25, 0.3) is 0 Å². The van der Waals surface area contributed by atoms with Gasteiger partial charge in [0.2, 0.25) is 11.8 Å². The van der Waals surface area contributed by atoms with E-state index in [-0.39, 0.29) is 11.6 Å². The molecule has 26 heavy (non-hydrogen) atoms. The first-order valence-corrected chi connectivity index (χ1v) is 8.06. The summed E-state index contributed by atoms with van der Waals surface area (Å²) in [6.07, 6.45) is -3.61. The summed E-state index contributed by atoms with van der Waals surface area (Å²) in [5.74, 6) is -0.821. The van der Waals surface area contributed by atoms with Crippen LogP contribution in [0.15, 0.2) is 54.6 Å². The first-order chi connectivity index (χ1) is 12.2. The predicted molar refractivity (Wildman–Crippen MR) is 91.6 cm³/mol. The molecule has 2 aromatic rings. The van der Waals surface area contributed by atoms with E-state index >= 15 is 0 Å². The first-order valence-electron chi connectivity index (χ1n) is 8.06. The molecule has 0 aromatic heterocycles. The number of hydrogen-bond donors (Lipinski definition) is 1. The van der Waals surface area contributed by atoms with Crippen LogP contribution in [-0.2, 0) is 15.8 Å². The van der Waals surface area contributed by atoms with Gasteiger partial charge in [0.15, 0.2) is 0 Å². The fourth-order valence-corrected chi connectivity index (χ4v) is 2.75. The Hall–Kier alpha value is -2.83. The maximum Gasteiger partial charge on any atom is 0.416 e. The van der Waals surface area contributed by atoms with Gasteiger partial charge in [-0.05, 0) is 49.2 Å². The Kier molecular flexibility index (Phi) is 4.48. The average molecular weight is 362 g/mol. The van der Waals surface area contributed by atoms with Crippen molar-refractivity contribution in [3.05, 3.63) is 60.2 Å². The van der Waals surface area contributed by atoms with Gasteiger partial charge in [0, 0.05) is 18.4 Å². The molecule has 136 valence electrons. The Morgan fingerprint density at radius 3 is 2.08 bits per heavy atom. The lowest BCUT2D eigenvalue weighted by Gasteiger charge is -2.23. The fourth-order valence-electron chi connectivity index (χ4n) is 2.75. The lowest BCUT2D eigenvalue weighted by atomic mass is 10.0. The van der Waals surface area contributed by atoms with Crippen LogP contribution in [0.2, 0.25) is 0 Å². The van der Waals surface area contributed by atoms with Crippen LogP contribution >= 0.6 is 0 Å². The largest absolute Gasteiger partial charge is 0.416 e. The Labute approximate surface area is 148 Å². The molecule has 1 saturated carbocycles. The molecule has 0 unspecified atom stereocenters. The summed E-state index contributed by atoms with van der Waals surface area (Å²) in [6, 6.07) is 13.1. The van der Waals surface area contributed by atoms with Crippen LogP contribution < -0.4 is 10.2 Å². The molecule has 0 heterocycles. The topological polar surface area (TPSA) is 49.4 Å². The van der Waals surface area contributed by atoms with E-state index in [2.05, 4.69) is 5.32 Å². The number of carbonyl (C=O) groups excluding carboxylic acids is 2. The Morgan fingerprint density at radius 1 is 1.00 bits per heavy atom. The zero-order valence-electron chi connectivity index (χ0n) is 14.0. The number of nitrogens with zero attached hydrogens (tertiary/aromatic N) is 1. The Bertz CT molecular complexity index is 813. The molecular weight excluding hydrogens is 345 g/mol. The minimum absolute atomic E-state index is 0.226. The van der Waals surface area contributed by atoms with Crippen LogP contribution in [0, 0.1) is 5.41 Å². The van der Waals surface area contributed by atoms with E-state index in [1.54, 1.807) is 31.3 Å². The van der Waals surface area contributed by atoms with Gasteiger partial charge in [-0.25, -0.2) is 0 Å². The highest BCUT2D eigenvalue weighted by Crippen LogP contribution is 2.48. The molecule has 1 N–H and O–H groups in total. The van der Waals surface area contributed by atoms with Gasteiger partial charge < -0.3 is 10.2 Å². The molecule has 7 heteroatoms. The Morgan fingerprint density at radius 2 is 1.58 bits per heavy atom. The summed E-state index contributed by atoms with van der Waals surface area (Å²) in [7, 11) is 1.60. The number of benzene rings is 2. The van der Waals surface area contributed by atoms with E-state index in [0.717, 1.165) is 12.1 Å². The van der Waals surface area contributed by atoms with E-state index in [1.807, 2.05) is 6.07 Å². The summed E-state index contributed by atoms with van der Waals surface area (Å²) in [5, 5.41) is 2.56. The van der Waals surface area contributed by atoms with Crippen LogP contribution in [-0.4, -0.2) is 18.9 Å². The second-order valence-corrected chi connectivity index (χ2v) is 6.31. The van der Waals surface area contributed by atoms with E-state index in [0.29, 0.717) is 18.5 Å². The average Bonchev–Trinajstić information content (AvgIpc) is 3.43. The van der Waals surface area contributed by atoms with E-state index in [1.165, 1.54) is 17.0 Å². The summed E-state index contributed by atoms with van der Waals surface area (Å²) < 4.78 is 37.8. The number of rotatable bonds is 4. The normalized spacial score (nSPS) is 15.2. The second kappa shape index (κ2) is 6.48. The molecule has 2 aromatic carbocycles. The molecule has 0 aliphatic heterocycles. The molecule has 4 nitrogen and oxygen atoms in total. The van der Waals surface area contributed by atoms with Crippen LogP contribution in [0.1, 0.15) is 18.4 Å². The number of anilines is 2. The Balaban J connectivity index is 1.72. The molecule has 1 aliphatic rings. The van der Waals surface area contributed by atoms with Crippen molar-refractivity contribution >= 4 is 23.2 Å². The van der Waals surface area contributed by atoms with Gasteiger partial charge >= 0.3 is 6.18 Å². The molecule has 1 fully saturated rings. The van der Waals surface area contributed by atoms with Crippen molar-refractivity contribution in [3.63, 3.8) is 0 Å². The van der Waals surface area contributed by atoms with Gasteiger partial charge in [0.25, 0.3) is 0 Å². The third-order valence-electron chi connectivity index (χ3n) is 4.51. The van der Waals surface area contributed by atoms with E-state index < -0.39 is 23.1 Å². The number of halogens is 3. The highest BCUT2D eigenvalue weighted by Gasteiger charge is 2.57. The van der Waals surface area contributed by atoms with Gasteiger partial charge in [-0.15, -0.1) is 0 Å². The quantitative estimate of drug-likeness (QED) is 0.833. The van der Waals surface area contributed by atoms with Crippen molar-refractivity contribution in [2.24, 2.45) is 5.41 Å². The maximum atomic E-state index is 12.8. The SMILES string of the molecule is CN(C(=O)C1(C(=O)Nc2ccc(C(F)(F)F)cc2)CC1)c1ccccc1. The molecule has 0 spiro atoms. The summed E-state index contributed by atoms with van der Waals surface area (Å²) in [6.45, 7) is 0. The van der Waals surface area contributed by atoms with Gasteiger partial charge in [-0.1, -0.05) is 18.2 Å². The number of hydrogen-bond acceptors (Lipinski definition) is 2. The van der Waals surface area contributed by atoms with Crippen LogP contribution in [0.3, 0.4) is 0 Å². The standard InChI is InChI=1S/C19H17F3N2O2/c1-24(15-5-3-2-4-6-15)17(26)18(11-12-18)16(25)23-14-9-7-13(8-10-14)19(20,21)22/h2-10H,11-12H2,1H3,(H,23,25). The minimum atomic E-state index is -4.44. The number of para-hydroxylation sites is 1. The second-order valence-electron chi connectivity index (χ2n) is 6.31. The van der Waals surface area contributed by atoms with Crippen molar-refractivity contribution in [3.8, 4) is 0 Å². The van der Waals surface area contributed by atoms with Gasteiger partial charge in [-0.3, -0.25) is 9.59 Å². The van der Waals surface area contributed by atoms with Crippen molar-refractivity contribution < 1.29 is 22.8 Å². The predicted octanol–water partition coefficient (Wildman–Crippen LogP) is 4.09. The summed E-state index contributed by atoms with van der Waals surface area (Å²) in [5.41, 5.74) is -1.06. The summed E-state index contributed by atoms with van der Waals surface area (Å²) in [4.78, 5) is 26.8. The smallest absolute Gasteiger partial charge is 0.325 e. The summed E-state index contributed by atoms with van der Waals surface area (Å²) >= 11 is 0. The molecule has 2 amide bonds. The number of nitrogens with one attached hydrogen (secondary N) is 1. The van der Waals surface area contributed by atoms with Crippen LogP contribution in [0.5, 0.6) is 0 Å². The van der Waals surface area contributed by atoms with Crippen molar-refractivity contribution in [1.82, 2.24) is 0 Å². The van der Waals surface area contributed by atoms with Crippen molar-refractivity contribution in [2.45, 2.75) is 19.0 Å². The highest BCUT2D eigenvalue weighted by molar-refractivity contribution is 6.17. The molecule has 0 atom stereocenters. The molecule has 3 rings (SSSR count). The van der Waals surface area contributed by atoms with Crippen molar-refractivity contribution in [2.75, 3.05) is 17.3 Å². The monoisotopic (exact) mass is 362 g/mol. The van der Waals surface area contributed by atoms with Gasteiger partial charge in [-0.2, -0.15) is 13.2 Å². The van der Waals surface area contributed by atoms with Crippen LogP contribution in [0.4, 0.5) is 24.5 Å². The van der Waals surface area contributed by atoms with E-state index in [4.69, 9.17) is 0 Å². The number of carbonyl (C=O) groups is 2. The highest BCUT2D eigenvalue weighted by atomic mass is 19.4. The lowest BCUT2D eigenvalue weighted by Crippen LogP contribution is -2.41. The molecule has 1 aliphatic carbocycles. The lowest BCUT2D eigenvalue weighted by molar-refractivity contribution is -0.137. The van der Waals surface area contributed by atoms with Gasteiger partial charge in [0.05, 0.1) is 5.56 Å². The first kappa shape index (κ1) is 18.0. The number of amides is 2. The minimum Gasteiger partial charge on any atom is -0.325 e. The zero-order valence-corrected chi connectivity index (χ0v) is 14.0. The third-order valence-corrected chi connectivity index (χ3v) is 4.51.